The van der Waals surface area contributed by atoms with Crippen molar-refractivity contribution in [3.8, 4) is 5.75 Å². The summed E-state index contributed by atoms with van der Waals surface area (Å²) in [5, 5.41) is 0. The molecule has 2 rings (SSSR count). The minimum atomic E-state index is -0.465. The topological polar surface area (TPSA) is 81.6 Å². The Morgan fingerprint density at radius 2 is 2.21 bits per heavy atom. The van der Waals surface area contributed by atoms with Crippen LogP contribution in [-0.2, 0) is 4.79 Å². The maximum absolute atomic E-state index is 11.6. The van der Waals surface area contributed by atoms with Crippen LogP contribution in [-0.4, -0.2) is 26.1 Å². The summed E-state index contributed by atoms with van der Waals surface area (Å²) in [6, 6.07) is 5.68. The molecule has 1 aliphatic rings. The van der Waals surface area contributed by atoms with Crippen molar-refractivity contribution in [2.24, 2.45) is 11.1 Å². The van der Waals surface area contributed by atoms with Crippen LogP contribution in [0.2, 0.25) is 0 Å². The highest BCUT2D eigenvalue weighted by molar-refractivity contribution is 5.81. The number of ether oxygens (including phenoxy) is 1. The molecule has 1 saturated heterocycles. The second-order valence-electron chi connectivity index (χ2n) is 5.38. The standard InChI is InChI=1S/C14H21N3O2/c1-14(13(16)18)6-3-7-17(9-14)10-4-5-11(15)12(8-10)19-2/h4-5,8H,3,6-7,9,15H2,1-2H3,(H2,16,18). The van der Waals surface area contributed by atoms with Gasteiger partial charge >= 0.3 is 0 Å². The number of hydrogen-bond donors (Lipinski definition) is 2. The Bertz CT molecular complexity index is 490. The van der Waals surface area contributed by atoms with Gasteiger partial charge in [0, 0.05) is 24.8 Å². The number of nitrogen functional groups attached to an aromatic ring is 1. The van der Waals surface area contributed by atoms with E-state index in [1.54, 1.807) is 7.11 Å². The van der Waals surface area contributed by atoms with Crippen molar-refractivity contribution in [1.82, 2.24) is 0 Å². The van der Waals surface area contributed by atoms with E-state index in [-0.39, 0.29) is 5.91 Å². The predicted molar refractivity (Wildman–Crippen MR) is 76.2 cm³/mol. The van der Waals surface area contributed by atoms with Gasteiger partial charge in [-0.05, 0) is 31.9 Å². The number of anilines is 2. The van der Waals surface area contributed by atoms with E-state index in [0.29, 0.717) is 18.0 Å². The number of nitrogens with zero attached hydrogens (tertiary/aromatic N) is 1. The average Bonchev–Trinajstić information content (AvgIpc) is 2.39. The van der Waals surface area contributed by atoms with Crippen LogP contribution in [0.5, 0.6) is 5.75 Å². The summed E-state index contributed by atoms with van der Waals surface area (Å²) in [4.78, 5) is 13.7. The lowest BCUT2D eigenvalue weighted by molar-refractivity contribution is -0.127. The number of hydrogen-bond acceptors (Lipinski definition) is 4. The summed E-state index contributed by atoms with van der Waals surface area (Å²) in [7, 11) is 1.60. The normalized spacial score (nSPS) is 23.2. The molecule has 5 heteroatoms. The highest BCUT2D eigenvalue weighted by Crippen LogP contribution is 2.34. The molecule has 4 N–H and O–H groups in total. The molecule has 19 heavy (non-hydrogen) atoms. The molecule has 0 radical (unpaired) electrons. The fourth-order valence-electron chi connectivity index (χ4n) is 2.56. The predicted octanol–water partition coefficient (Wildman–Crippen LogP) is 1.37. The Morgan fingerprint density at radius 3 is 2.84 bits per heavy atom. The number of amides is 1. The number of rotatable bonds is 3. The summed E-state index contributed by atoms with van der Waals surface area (Å²) >= 11 is 0. The van der Waals surface area contributed by atoms with E-state index in [9.17, 15) is 4.79 Å². The van der Waals surface area contributed by atoms with E-state index in [4.69, 9.17) is 16.2 Å². The number of carbonyl (C=O) groups is 1. The van der Waals surface area contributed by atoms with Gasteiger partial charge in [0.15, 0.2) is 0 Å². The van der Waals surface area contributed by atoms with Crippen LogP contribution in [0.4, 0.5) is 11.4 Å². The van der Waals surface area contributed by atoms with E-state index in [1.807, 2.05) is 25.1 Å². The van der Waals surface area contributed by atoms with Crippen LogP contribution in [0.1, 0.15) is 19.8 Å². The molecule has 1 aromatic carbocycles. The Hall–Kier alpha value is -1.91. The first-order valence-corrected chi connectivity index (χ1v) is 6.45. The fraction of sp³-hybridized carbons (Fsp3) is 0.500. The molecule has 0 aromatic heterocycles. The van der Waals surface area contributed by atoms with E-state index >= 15 is 0 Å². The quantitative estimate of drug-likeness (QED) is 0.807. The van der Waals surface area contributed by atoms with Gasteiger partial charge in [-0.1, -0.05) is 0 Å². The van der Waals surface area contributed by atoms with Crippen molar-refractivity contribution < 1.29 is 9.53 Å². The van der Waals surface area contributed by atoms with E-state index < -0.39 is 5.41 Å². The van der Waals surface area contributed by atoms with Crippen LogP contribution in [0, 0.1) is 5.41 Å². The number of piperidine rings is 1. The molecule has 104 valence electrons. The molecule has 1 aliphatic heterocycles. The molecule has 0 saturated carbocycles. The van der Waals surface area contributed by atoms with Gasteiger partial charge in [-0.25, -0.2) is 0 Å². The van der Waals surface area contributed by atoms with Crippen molar-refractivity contribution in [2.45, 2.75) is 19.8 Å². The van der Waals surface area contributed by atoms with Crippen LogP contribution in [0.15, 0.2) is 18.2 Å². The van der Waals surface area contributed by atoms with Gasteiger partial charge in [-0.3, -0.25) is 4.79 Å². The molecular formula is C14H21N3O2. The van der Waals surface area contributed by atoms with Crippen molar-refractivity contribution in [3.63, 3.8) is 0 Å². The lowest BCUT2D eigenvalue weighted by atomic mass is 9.81. The smallest absolute Gasteiger partial charge is 0.225 e. The zero-order chi connectivity index (χ0) is 14.0. The number of nitrogens with two attached hydrogens (primary N) is 2. The molecule has 0 bridgehead atoms. The third-order valence-electron chi connectivity index (χ3n) is 3.87. The molecule has 1 aromatic rings. The summed E-state index contributed by atoms with van der Waals surface area (Å²) in [6.07, 6.45) is 1.79. The fourth-order valence-corrected chi connectivity index (χ4v) is 2.56. The maximum atomic E-state index is 11.6. The summed E-state index contributed by atoms with van der Waals surface area (Å²) in [6.45, 7) is 3.47. The Balaban J connectivity index is 2.24. The molecular weight excluding hydrogens is 242 g/mol. The lowest BCUT2D eigenvalue weighted by Crippen LogP contribution is -2.48. The second kappa shape index (κ2) is 4.99. The summed E-state index contributed by atoms with van der Waals surface area (Å²) < 4.78 is 5.23. The van der Waals surface area contributed by atoms with Crippen LogP contribution < -0.4 is 21.1 Å². The van der Waals surface area contributed by atoms with Gasteiger partial charge < -0.3 is 21.1 Å². The zero-order valence-electron chi connectivity index (χ0n) is 11.5. The molecule has 1 atom stereocenters. The molecule has 1 amide bonds. The van der Waals surface area contributed by atoms with Crippen LogP contribution >= 0.6 is 0 Å². The van der Waals surface area contributed by atoms with E-state index in [2.05, 4.69) is 4.90 Å². The summed E-state index contributed by atoms with van der Waals surface area (Å²) in [5.41, 5.74) is 12.5. The van der Waals surface area contributed by atoms with Crippen molar-refractivity contribution in [2.75, 3.05) is 30.8 Å². The third kappa shape index (κ3) is 2.59. The van der Waals surface area contributed by atoms with Gasteiger partial charge in [0.1, 0.15) is 5.75 Å². The van der Waals surface area contributed by atoms with Crippen LogP contribution in [0.3, 0.4) is 0 Å². The third-order valence-corrected chi connectivity index (χ3v) is 3.87. The van der Waals surface area contributed by atoms with Gasteiger partial charge in [0.2, 0.25) is 5.91 Å². The van der Waals surface area contributed by atoms with Crippen LogP contribution in [0.25, 0.3) is 0 Å². The molecule has 1 heterocycles. The van der Waals surface area contributed by atoms with Gasteiger partial charge in [-0.2, -0.15) is 0 Å². The van der Waals surface area contributed by atoms with Crippen molar-refractivity contribution >= 4 is 17.3 Å². The monoisotopic (exact) mass is 263 g/mol. The van der Waals surface area contributed by atoms with Gasteiger partial charge in [-0.15, -0.1) is 0 Å². The Morgan fingerprint density at radius 1 is 1.47 bits per heavy atom. The molecule has 0 aliphatic carbocycles. The van der Waals surface area contributed by atoms with Gasteiger partial charge in [0.25, 0.3) is 0 Å². The number of carbonyl (C=O) groups excluding carboxylic acids is 1. The van der Waals surface area contributed by atoms with E-state index in [0.717, 1.165) is 25.1 Å². The number of methoxy groups -OCH3 is 1. The lowest BCUT2D eigenvalue weighted by Gasteiger charge is -2.39. The Labute approximate surface area is 113 Å². The molecule has 0 spiro atoms. The Kier molecular flexibility index (Phi) is 3.55. The van der Waals surface area contributed by atoms with Crippen molar-refractivity contribution in [1.29, 1.82) is 0 Å². The van der Waals surface area contributed by atoms with E-state index in [1.165, 1.54) is 0 Å². The average molecular weight is 263 g/mol. The minimum absolute atomic E-state index is 0.236. The molecule has 5 nitrogen and oxygen atoms in total. The first-order chi connectivity index (χ1) is 8.96. The summed E-state index contributed by atoms with van der Waals surface area (Å²) in [5.74, 6) is 0.420. The highest BCUT2D eigenvalue weighted by Gasteiger charge is 2.36. The molecule has 1 unspecified atom stereocenters. The van der Waals surface area contributed by atoms with Crippen molar-refractivity contribution in [3.05, 3.63) is 18.2 Å². The second-order valence-corrected chi connectivity index (χ2v) is 5.38. The largest absolute Gasteiger partial charge is 0.495 e. The highest BCUT2D eigenvalue weighted by atomic mass is 16.5. The minimum Gasteiger partial charge on any atom is -0.495 e. The zero-order valence-corrected chi connectivity index (χ0v) is 11.5. The molecule has 1 fully saturated rings. The first-order valence-electron chi connectivity index (χ1n) is 6.45. The van der Waals surface area contributed by atoms with Gasteiger partial charge in [0.05, 0.1) is 18.2 Å². The maximum Gasteiger partial charge on any atom is 0.225 e. The number of primary amides is 1. The SMILES string of the molecule is COc1cc(N2CCCC(C)(C(N)=O)C2)ccc1N. The number of benzene rings is 1. The first kappa shape index (κ1) is 13.5.